The first-order valence-corrected chi connectivity index (χ1v) is 9.56. The lowest BCUT2D eigenvalue weighted by Crippen LogP contribution is -2.27. The van der Waals surface area contributed by atoms with E-state index < -0.39 is 41.2 Å². The second-order valence-electron chi connectivity index (χ2n) is 7.66. The lowest BCUT2D eigenvalue weighted by atomic mass is 9.79. The molecule has 0 amide bonds. The molecular formula is C22H18F8O. The molecule has 1 fully saturated rings. The molecule has 2 aromatic carbocycles. The molecule has 3 rings (SSSR count). The number of halogens is 8. The van der Waals surface area contributed by atoms with Crippen LogP contribution in [0.3, 0.4) is 0 Å². The van der Waals surface area contributed by atoms with Gasteiger partial charge in [0.15, 0.2) is 17.4 Å². The second-order valence-corrected chi connectivity index (χ2v) is 7.66. The Morgan fingerprint density at radius 2 is 1.45 bits per heavy atom. The quantitative estimate of drug-likeness (QED) is 0.418. The minimum Gasteiger partial charge on any atom is -0.421 e. The predicted octanol–water partition coefficient (Wildman–Crippen LogP) is 8.11. The van der Waals surface area contributed by atoms with Crippen molar-refractivity contribution in [2.75, 3.05) is 0 Å². The summed E-state index contributed by atoms with van der Waals surface area (Å²) in [6.45, 7) is 2.14. The molecule has 1 aliphatic carbocycles. The summed E-state index contributed by atoms with van der Waals surface area (Å²) in [5.74, 6) is -8.48. The van der Waals surface area contributed by atoms with Gasteiger partial charge >= 0.3 is 12.2 Å². The Hall–Kier alpha value is -2.58. The molecule has 0 aliphatic heterocycles. The maximum Gasteiger partial charge on any atom is 0.459 e. The van der Waals surface area contributed by atoms with Gasteiger partial charge in [0, 0.05) is 5.56 Å². The first kappa shape index (κ1) is 23.1. The van der Waals surface area contributed by atoms with Crippen LogP contribution in [0.2, 0.25) is 0 Å². The van der Waals surface area contributed by atoms with Gasteiger partial charge in [0.2, 0.25) is 0 Å². The van der Waals surface area contributed by atoms with Crippen LogP contribution < -0.4 is 4.74 Å². The smallest absolute Gasteiger partial charge is 0.421 e. The van der Waals surface area contributed by atoms with E-state index in [-0.39, 0.29) is 17.0 Å². The molecule has 0 unspecified atom stereocenters. The van der Waals surface area contributed by atoms with E-state index in [1.54, 1.807) is 6.07 Å². The topological polar surface area (TPSA) is 9.23 Å². The number of alkyl halides is 2. The molecule has 0 atom stereocenters. The molecular weight excluding hydrogens is 432 g/mol. The van der Waals surface area contributed by atoms with Gasteiger partial charge in [0.05, 0.1) is 0 Å². The first-order valence-electron chi connectivity index (χ1n) is 9.56. The molecule has 0 radical (unpaired) electrons. The van der Waals surface area contributed by atoms with Gasteiger partial charge in [-0.2, -0.15) is 22.0 Å². The minimum absolute atomic E-state index is 0.171. The molecule has 0 heterocycles. The molecule has 2 aromatic rings. The third-order valence-electron chi connectivity index (χ3n) is 5.44. The van der Waals surface area contributed by atoms with Gasteiger partial charge < -0.3 is 4.74 Å². The van der Waals surface area contributed by atoms with Gasteiger partial charge in [-0.3, -0.25) is 0 Å². The van der Waals surface area contributed by atoms with Crippen molar-refractivity contribution in [2.24, 2.45) is 5.92 Å². The average molecular weight is 450 g/mol. The fraction of sp³-hybridized carbons (Fsp3) is 0.364. The summed E-state index contributed by atoms with van der Waals surface area (Å²) in [6, 6.07) is 5.24. The summed E-state index contributed by atoms with van der Waals surface area (Å²) in [4.78, 5) is 0. The van der Waals surface area contributed by atoms with E-state index >= 15 is 0 Å². The van der Waals surface area contributed by atoms with Gasteiger partial charge in [-0.25, -0.2) is 13.2 Å². The fourth-order valence-corrected chi connectivity index (χ4v) is 3.71. The van der Waals surface area contributed by atoms with Gasteiger partial charge in [0.1, 0.15) is 5.82 Å². The van der Waals surface area contributed by atoms with Gasteiger partial charge in [-0.05, 0) is 54.0 Å². The Labute approximate surface area is 173 Å². The summed E-state index contributed by atoms with van der Waals surface area (Å²) in [5, 5.41) is 0. The zero-order valence-corrected chi connectivity index (χ0v) is 16.3. The van der Waals surface area contributed by atoms with E-state index in [2.05, 4.69) is 11.7 Å². The maximum absolute atomic E-state index is 14.7. The van der Waals surface area contributed by atoms with Crippen LogP contribution in [-0.4, -0.2) is 6.11 Å². The van der Waals surface area contributed by atoms with E-state index in [0.29, 0.717) is 18.1 Å². The number of hydrogen-bond donors (Lipinski definition) is 0. The highest BCUT2D eigenvalue weighted by molar-refractivity contribution is 5.66. The van der Waals surface area contributed by atoms with Crippen LogP contribution in [0.4, 0.5) is 35.1 Å². The Morgan fingerprint density at radius 1 is 0.871 bits per heavy atom. The normalized spacial score (nSPS) is 19.3. The van der Waals surface area contributed by atoms with Gasteiger partial charge in [-0.1, -0.05) is 31.9 Å². The third kappa shape index (κ3) is 5.02. The molecule has 0 aromatic heterocycles. The second kappa shape index (κ2) is 8.88. The first-order chi connectivity index (χ1) is 14.5. The number of benzene rings is 2. The third-order valence-corrected chi connectivity index (χ3v) is 5.44. The number of ether oxygens (including phenoxy) is 1. The maximum atomic E-state index is 14.7. The Kier molecular flexibility index (Phi) is 6.62. The van der Waals surface area contributed by atoms with Gasteiger partial charge in [-0.15, -0.1) is 0 Å². The summed E-state index contributed by atoms with van der Waals surface area (Å²) < 4.78 is 110. The number of rotatable bonds is 5. The summed E-state index contributed by atoms with van der Waals surface area (Å²) in [6.07, 6.45) is -4.86. The molecule has 1 saturated carbocycles. The molecule has 0 N–H and O–H groups in total. The lowest BCUT2D eigenvalue weighted by molar-refractivity contribution is -0.162. The molecule has 1 aliphatic rings. The van der Waals surface area contributed by atoms with Gasteiger partial charge in [0.25, 0.3) is 5.83 Å². The highest BCUT2D eigenvalue weighted by Crippen LogP contribution is 2.39. The number of hydrogen-bond acceptors (Lipinski definition) is 1. The van der Waals surface area contributed by atoms with Crippen LogP contribution in [0.15, 0.2) is 42.2 Å². The Balaban J connectivity index is 1.88. The summed E-state index contributed by atoms with van der Waals surface area (Å²) >= 11 is 0. The van der Waals surface area contributed by atoms with Crippen molar-refractivity contribution in [2.45, 2.75) is 44.6 Å². The predicted molar refractivity (Wildman–Crippen MR) is 98.1 cm³/mol. The van der Waals surface area contributed by atoms with E-state index in [9.17, 15) is 35.1 Å². The standard InChI is InChI=1S/C22H18F8O/c1-11-2-4-12(5-3-11)13-6-7-15(16(23)8-13)14-9-17(24)19(18(25)10-14)31-22(29,30)20(26)21(27)28/h6-12H,2-5H2,1H3. The molecule has 31 heavy (non-hydrogen) atoms. The van der Waals surface area contributed by atoms with Crippen molar-refractivity contribution in [3.05, 3.63) is 65.3 Å². The van der Waals surface area contributed by atoms with Crippen LogP contribution in [0.5, 0.6) is 5.75 Å². The Bertz CT molecular complexity index is 966. The zero-order valence-electron chi connectivity index (χ0n) is 16.3. The molecule has 168 valence electrons. The molecule has 0 saturated heterocycles. The monoisotopic (exact) mass is 450 g/mol. The van der Waals surface area contributed by atoms with E-state index in [1.807, 2.05) is 0 Å². The average Bonchev–Trinajstić information content (AvgIpc) is 2.70. The highest BCUT2D eigenvalue weighted by Gasteiger charge is 2.43. The molecule has 1 nitrogen and oxygen atoms in total. The largest absolute Gasteiger partial charge is 0.459 e. The molecule has 0 spiro atoms. The summed E-state index contributed by atoms with van der Waals surface area (Å²) in [5.41, 5.74) is 0.244. The van der Waals surface area contributed by atoms with Crippen molar-refractivity contribution >= 4 is 0 Å². The van der Waals surface area contributed by atoms with Crippen molar-refractivity contribution < 1.29 is 39.9 Å². The molecule has 9 heteroatoms. The van der Waals surface area contributed by atoms with E-state index in [0.717, 1.165) is 31.2 Å². The van der Waals surface area contributed by atoms with Crippen LogP contribution in [0.25, 0.3) is 11.1 Å². The highest BCUT2D eigenvalue weighted by atomic mass is 19.3. The summed E-state index contributed by atoms with van der Waals surface area (Å²) in [7, 11) is 0. The Morgan fingerprint density at radius 3 is 1.97 bits per heavy atom. The molecule has 0 bridgehead atoms. The van der Waals surface area contributed by atoms with E-state index in [4.69, 9.17) is 0 Å². The van der Waals surface area contributed by atoms with Crippen LogP contribution in [0.1, 0.15) is 44.1 Å². The van der Waals surface area contributed by atoms with Crippen LogP contribution in [0, 0.1) is 23.4 Å². The minimum atomic E-state index is -5.29. The van der Waals surface area contributed by atoms with E-state index in [1.165, 1.54) is 12.1 Å². The zero-order chi connectivity index (χ0) is 22.9. The van der Waals surface area contributed by atoms with Crippen LogP contribution in [-0.2, 0) is 0 Å². The lowest BCUT2D eigenvalue weighted by Gasteiger charge is -2.26. The SMILES string of the molecule is CC1CCC(c2ccc(-c3cc(F)c(OC(F)(F)C(F)=C(F)F)c(F)c3)c(F)c2)CC1. The van der Waals surface area contributed by atoms with Crippen LogP contribution >= 0.6 is 0 Å². The van der Waals surface area contributed by atoms with Crippen molar-refractivity contribution in [3.8, 4) is 16.9 Å². The van der Waals surface area contributed by atoms with Crippen molar-refractivity contribution in [3.63, 3.8) is 0 Å². The fourth-order valence-electron chi connectivity index (χ4n) is 3.71. The van der Waals surface area contributed by atoms with Crippen molar-refractivity contribution in [1.29, 1.82) is 0 Å². The van der Waals surface area contributed by atoms with Crippen molar-refractivity contribution in [1.82, 2.24) is 0 Å².